The summed E-state index contributed by atoms with van der Waals surface area (Å²) in [7, 11) is 0. The summed E-state index contributed by atoms with van der Waals surface area (Å²) in [5.74, 6) is 0.483. The van der Waals surface area contributed by atoms with Crippen molar-refractivity contribution in [3.05, 3.63) is 64.2 Å². The summed E-state index contributed by atoms with van der Waals surface area (Å²) in [4.78, 5) is 40.5. The van der Waals surface area contributed by atoms with Gasteiger partial charge in [0.2, 0.25) is 18.6 Å². The summed E-state index contributed by atoms with van der Waals surface area (Å²) in [6.45, 7) is 0.982. The molecule has 2 N–H and O–H groups in total. The molecule has 0 atom stereocenters. The van der Waals surface area contributed by atoms with E-state index in [4.69, 9.17) is 9.47 Å². The van der Waals surface area contributed by atoms with Crippen molar-refractivity contribution in [1.82, 2.24) is 20.2 Å². The SMILES string of the molecule is O=CNCCn1cc(C(=O)NCc2ccccn2)c(=O)c2cc3c(cc21)OCO3. The minimum Gasteiger partial charge on any atom is -0.454 e. The fourth-order valence-corrected chi connectivity index (χ4v) is 3.14. The molecule has 4 rings (SSSR count). The van der Waals surface area contributed by atoms with E-state index in [1.54, 1.807) is 35.0 Å². The molecule has 9 nitrogen and oxygen atoms in total. The van der Waals surface area contributed by atoms with E-state index in [1.807, 2.05) is 6.07 Å². The van der Waals surface area contributed by atoms with Crippen LogP contribution in [-0.2, 0) is 17.9 Å². The van der Waals surface area contributed by atoms with E-state index in [1.165, 1.54) is 6.20 Å². The second-order valence-electron chi connectivity index (χ2n) is 6.36. The molecular formula is C20H18N4O5. The van der Waals surface area contributed by atoms with Gasteiger partial charge in [0, 0.05) is 31.5 Å². The first-order valence-electron chi connectivity index (χ1n) is 8.99. The van der Waals surface area contributed by atoms with E-state index in [2.05, 4.69) is 15.6 Å². The van der Waals surface area contributed by atoms with Crippen LogP contribution in [0.15, 0.2) is 47.5 Å². The number of carbonyl (C=O) groups is 2. The maximum atomic E-state index is 13.0. The molecule has 0 bridgehead atoms. The summed E-state index contributed by atoms with van der Waals surface area (Å²) in [5.41, 5.74) is 0.864. The Morgan fingerprint density at radius 1 is 1.24 bits per heavy atom. The number of carbonyl (C=O) groups excluding carboxylic acids is 2. The molecule has 0 unspecified atom stereocenters. The molecule has 29 heavy (non-hydrogen) atoms. The highest BCUT2D eigenvalue weighted by Gasteiger charge is 2.20. The fourth-order valence-electron chi connectivity index (χ4n) is 3.14. The number of hydrogen-bond donors (Lipinski definition) is 2. The Hall–Kier alpha value is -3.88. The fraction of sp³-hybridized carbons (Fsp3) is 0.200. The number of aromatic nitrogens is 2. The van der Waals surface area contributed by atoms with Gasteiger partial charge in [-0.15, -0.1) is 0 Å². The number of amides is 2. The van der Waals surface area contributed by atoms with E-state index in [0.717, 1.165) is 0 Å². The van der Waals surface area contributed by atoms with Crippen molar-refractivity contribution in [3.63, 3.8) is 0 Å². The van der Waals surface area contributed by atoms with Crippen molar-refractivity contribution >= 4 is 23.2 Å². The first-order chi connectivity index (χ1) is 14.2. The zero-order valence-corrected chi connectivity index (χ0v) is 15.4. The van der Waals surface area contributed by atoms with Crippen LogP contribution in [0.3, 0.4) is 0 Å². The van der Waals surface area contributed by atoms with Crippen molar-refractivity contribution in [2.75, 3.05) is 13.3 Å². The maximum absolute atomic E-state index is 13.0. The van der Waals surface area contributed by atoms with E-state index in [0.29, 0.717) is 47.6 Å². The van der Waals surface area contributed by atoms with Crippen LogP contribution < -0.4 is 25.5 Å². The Kier molecular flexibility index (Phi) is 5.10. The van der Waals surface area contributed by atoms with Gasteiger partial charge >= 0.3 is 0 Å². The smallest absolute Gasteiger partial charge is 0.257 e. The molecule has 0 fully saturated rings. The van der Waals surface area contributed by atoms with Gasteiger partial charge in [0.25, 0.3) is 5.91 Å². The van der Waals surface area contributed by atoms with E-state index >= 15 is 0 Å². The average Bonchev–Trinajstić information content (AvgIpc) is 3.21. The Bertz CT molecular complexity index is 1130. The van der Waals surface area contributed by atoms with Gasteiger partial charge in [-0.2, -0.15) is 0 Å². The highest BCUT2D eigenvalue weighted by molar-refractivity contribution is 5.97. The Morgan fingerprint density at radius 3 is 2.83 bits per heavy atom. The van der Waals surface area contributed by atoms with Gasteiger partial charge in [-0.05, 0) is 18.2 Å². The standard InChI is InChI=1S/C20H18N4O5/c25-11-21-5-6-24-10-15(20(27)23-9-13-3-1-2-4-22-13)19(26)14-7-17-18(8-16(14)24)29-12-28-17/h1-4,7-8,10-11H,5-6,9,12H2,(H,21,25)(H,23,27). The molecule has 1 aliphatic heterocycles. The third kappa shape index (κ3) is 3.75. The van der Waals surface area contributed by atoms with Crippen LogP contribution >= 0.6 is 0 Å². The van der Waals surface area contributed by atoms with Gasteiger partial charge in [-0.25, -0.2) is 0 Å². The van der Waals surface area contributed by atoms with Gasteiger partial charge < -0.3 is 24.7 Å². The first kappa shape index (κ1) is 18.5. The first-order valence-corrected chi connectivity index (χ1v) is 8.99. The average molecular weight is 394 g/mol. The number of nitrogens with one attached hydrogen (secondary N) is 2. The monoisotopic (exact) mass is 394 g/mol. The van der Waals surface area contributed by atoms with Crippen LogP contribution in [0.25, 0.3) is 10.9 Å². The topological polar surface area (TPSA) is 112 Å². The van der Waals surface area contributed by atoms with Crippen molar-refractivity contribution in [1.29, 1.82) is 0 Å². The molecule has 0 aliphatic carbocycles. The van der Waals surface area contributed by atoms with Crippen molar-refractivity contribution in [2.45, 2.75) is 13.1 Å². The molecule has 2 amide bonds. The lowest BCUT2D eigenvalue weighted by Gasteiger charge is -2.14. The number of fused-ring (bicyclic) bond motifs is 2. The number of rotatable bonds is 7. The lowest BCUT2D eigenvalue weighted by atomic mass is 10.1. The third-order valence-electron chi connectivity index (χ3n) is 4.56. The second-order valence-corrected chi connectivity index (χ2v) is 6.36. The van der Waals surface area contributed by atoms with Crippen molar-refractivity contribution in [2.24, 2.45) is 0 Å². The predicted octanol–water partition coefficient (Wildman–Crippen LogP) is 0.801. The van der Waals surface area contributed by atoms with Gasteiger partial charge in [0.15, 0.2) is 11.5 Å². The van der Waals surface area contributed by atoms with Crippen molar-refractivity contribution < 1.29 is 19.1 Å². The minimum absolute atomic E-state index is 0.00148. The molecule has 3 heterocycles. The van der Waals surface area contributed by atoms with E-state index in [-0.39, 0.29) is 18.9 Å². The number of benzene rings is 1. The summed E-state index contributed by atoms with van der Waals surface area (Å²) in [6.07, 6.45) is 3.72. The molecule has 148 valence electrons. The summed E-state index contributed by atoms with van der Waals surface area (Å²) in [5, 5.41) is 5.64. The van der Waals surface area contributed by atoms with Gasteiger partial charge in [0.05, 0.1) is 23.1 Å². The van der Waals surface area contributed by atoms with Crippen molar-refractivity contribution in [3.8, 4) is 11.5 Å². The van der Waals surface area contributed by atoms with Crippen LogP contribution in [0.1, 0.15) is 16.1 Å². The third-order valence-corrected chi connectivity index (χ3v) is 4.56. The van der Waals surface area contributed by atoms with Crippen LogP contribution in [0.5, 0.6) is 11.5 Å². The summed E-state index contributed by atoms with van der Waals surface area (Å²) in [6, 6.07) is 8.67. The molecule has 9 heteroatoms. The number of hydrogen-bond acceptors (Lipinski definition) is 6. The molecule has 2 aromatic heterocycles. The zero-order valence-electron chi connectivity index (χ0n) is 15.4. The largest absolute Gasteiger partial charge is 0.454 e. The Labute approximate surface area is 165 Å². The van der Waals surface area contributed by atoms with Gasteiger partial charge in [0.1, 0.15) is 5.56 Å². The molecule has 0 spiro atoms. The molecule has 1 aliphatic rings. The quantitative estimate of drug-likeness (QED) is 0.453. The predicted molar refractivity (Wildman–Crippen MR) is 104 cm³/mol. The molecule has 0 saturated heterocycles. The molecule has 1 aromatic carbocycles. The van der Waals surface area contributed by atoms with E-state index < -0.39 is 11.3 Å². The van der Waals surface area contributed by atoms with E-state index in [9.17, 15) is 14.4 Å². The van der Waals surface area contributed by atoms with Crippen LogP contribution in [-0.4, -0.2) is 35.2 Å². The maximum Gasteiger partial charge on any atom is 0.257 e. The number of pyridine rings is 2. The zero-order chi connectivity index (χ0) is 20.2. The molecule has 3 aromatic rings. The second kappa shape index (κ2) is 8.01. The number of ether oxygens (including phenoxy) is 2. The normalized spacial score (nSPS) is 12.0. The Balaban J connectivity index is 1.71. The van der Waals surface area contributed by atoms with Crippen LogP contribution in [0.2, 0.25) is 0 Å². The lowest BCUT2D eigenvalue weighted by Crippen LogP contribution is -2.30. The highest BCUT2D eigenvalue weighted by atomic mass is 16.7. The van der Waals surface area contributed by atoms with Gasteiger partial charge in [-0.1, -0.05) is 6.07 Å². The Morgan fingerprint density at radius 2 is 2.07 bits per heavy atom. The minimum atomic E-state index is -0.502. The molecule has 0 radical (unpaired) electrons. The molecular weight excluding hydrogens is 376 g/mol. The van der Waals surface area contributed by atoms with Crippen LogP contribution in [0.4, 0.5) is 0 Å². The van der Waals surface area contributed by atoms with Crippen LogP contribution in [0, 0.1) is 0 Å². The number of nitrogens with zero attached hydrogens (tertiary/aromatic N) is 2. The lowest BCUT2D eigenvalue weighted by molar-refractivity contribution is -0.109. The summed E-state index contributed by atoms with van der Waals surface area (Å²) >= 11 is 0. The highest BCUT2D eigenvalue weighted by Crippen LogP contribution is 2.35. The molecule has 0 saturated carbocycles. The summed E-state index contributed by atoms with van der Waals surface area (Å²) < 4.78 is 12.5. The van der Waals surface area contributed by atoms with Gasteiger partial charge in [-0.3, -0.25) is 19.4 Å².